The molecule has 0 spiro atoms. The van der Waals surface area contributed by atoms with E-state index >= 15 is 0 Å². The third kappa shape index (κ3) is 3.73. The van der Waals surface area contributed by atoms with Crippen LogP contribution in [0.25, 0.3) is 11.4 Å². The van der Waals surface area contributed by atoms with Gasteiger partial charge in [0.2, 0.25) is 0 Å². The molecule has 1 aromatic carbocycles. The van der Waals surface area contributed by atoms with Gasteiger partial charge in [-0.05, 0) is 35.0 Å². The molecule has 2 aromatic rings. The predicted molar refractivity (Wildman–Crippen MR) is 72.0 cm³/mol. The van der Waals surface area contributed by atoms with Gasteiger partial charge in [-0.2, -0.15) is 0 Å². The number of nitrogens with two attached hydrogens (primary N) is 1. The lowest BCUT2D eigenvalue weighted by Crippen LogP contribution is -2.09. The number of anilines is 1. The van der Waals surface area contributed by atoms with Crippen molar-refractivity contribution in [2.24, 2.45) is 0 Å². The second kappa shape index (κ2) is 5.53. The molecule has 0 atom stereocenters. The predicted octanol–water partition coefficient (Wildman–Crippen LogP) is 0.496. The summed E-state index contributed by atoms with van der Waals surface area (Å²) in [5.74, 6) is -0.0900. The summed E-state index contributed by atoms with van der Waals surface area (Å²) in [6, 6.07) is 4.03. The molecule has 0 fully saturated rings. The van der Waals surface area contributed by atoms with Crippen molar-refractivity contribution in [1.82, 2.24) is 20.2 Å². The first-order valence-corrected chi connectivity index (χ1v) is 7.91. The highest BCUT2D eigenvalue weighted by Gasteiger charge is 2.11. The average molecular weight is 299 g/mol. The maximum atomic E-state index is 13.3. The van der Waals surface area contributed by atoms with E-state index in [0.717, 1.165) is 0 Å². The Balaban J connectivity index is 2.20. The summed E-state index contributed by atoms with van der Waals surface area (Å²) >= 11 is 0. The molecule has 7 nitrogen and oxygen atoms in total. The van der Waals surface area contributed by atoms with Gasteiger partial charge < -0.3 is 5.73 Å². The zero-order valence-electron chi connectivity index (χ0n) is 10.8. The molecule has 2 N–H and O–H groups in total. The molecule has 0 bridgehead atoms. The van der Waals surface area contributed by atoms with Crippen LogP contribution in [-0.4, -0.2) is 40.6 Å². The summed E-state index contributed by atoms with van der Waals surface area (Å²) in [6.45, 7) is 0.325. The quantitative estimate of drug-likeness (QED) is 0.806. The van der Waals surface area contributed by atoms with Crippen molar-refractivity contribution in [3.05, 3.63) is 24.0 Å². The van der Waals surface area contributed by atoms with Crippen LogP contribution in [0.2, 0.25) is 0 Å². The zero-order valence-corrected chi connectivity index (χ0v) is 11.6. The van der Waals surface area contributed by atoms with Crippen molar-refractivity contribution in [3.8, 4) is 11.4 Å². The van der Waals surface area contributed by atoms with Gasteiger partial charge in [0, 0.05) is 24.1 Å². The summed E-state index contributed by atoms with van der Waals surface area (Å²) in [5.41, 5.74) is 6.30. The number of halogens is 1. The number of hydrogen-bond acceptors (Lipinski definition) is 6. The van der Waals surface area contributed by atoms with Crippen LogP contribution in [0.3, 0.4) is 0 Å². The highest BCUT2D eigenvalue weighted by molar-refractivity contribution is 7.90. The molecule has 20 heavy (non-hydrogen) atoms. The third-order valence-electron chi connectivity index (χ3n) is 2.60. The van der Waals surface area contributed by atoms with Crippen LogP contribution in [0.4, 0.5) is 10.1 Å². The van der Waals surface area contributed by atoms with E-state index in [0.29, 0.717) is 24.4 Å². The van der Waals surface area contributed by atoms with E-state index in [2.05, 4.69) is 15.5 Å². The Morgan fingerprint density at radius 3 is 2.75 bits per heavy atom. The van der Waals surface area contributed by atoms with Gasteiger partial charge in [0.1, 0.15) is 15.7 Å². The molecule has 0 radical (unpaired) electrons. The van der Waals surface area contributed by atoms with Gasteiger partial charge in [-0.15, -0.1) is 5.10 Å². The second-order valence-corrected chi connectivity index (χ2v) is 6.74. The molecule has 1 aromatic heterocycles. The van der Waals surface area contributed by atoms with Crippen LogP contribution in [0, 0.1) is 5.82 Å². The number of tetrazole rings is 1. The smallest absolute Gasteiger partial charge is 0.182 e. The number of aryl methyl sites for hydroxylation is 1. The van der Waals surface area contributed by atoms with E-state index in [1.807, 2.05) is 0 Å². The number of benzene rings is 1. The molecular weight excluding hydrogens is 285 g/mol. The molecule has 108 valence electrons. The Kier molecular flexibility index (Phi) is 3.98. The lowest BCUT2D eigenvalue weighted by Gasteiger charge is -2.05. The standard InChI is InChI=1S/C11H14FN5O2S/c1-20(18,19)4-2-3-17-11(14-15-16-17)8-5-9(12)7-10(13)6-8/h5-7H,2-4,13H2,1H3. The summed E-state index contributed by atoms with van der Waals surface area (Å²) in [6.07, 6.45) is 1.54. The first-order valence-electron chi connectivity index (χ1n) is 5.85. The van der Waals surface area contributed by atoms with Crippen LogP contribution in [0.5, 0.6) is 0 Å². The van der Waals surface area contributed by atoms with Crippen LogP contribution in [0.1, 0.15) is 6.42 Å². The maximum Gasteiger partial charge on any atom is 0.182 e. The summed E-state index contributed by atoms with van der Waals surface area (Å²) in [4.78, 5) is 0. The highest BCUT2D eigenvalue weighted by Crippen LogP contribution is 2.20. The minimum Gasteiger partial charge on any atom is -0.399 e. The normalized spacial score (nSPS) is 11.7. The lowest BCUT2D eigenvalue weighted by molar-refractivity contribution is 0.567. The molecule has 0 saturated carbocycles. The third-order valence-corrected chi connectivity index (χ3v) is 3.63. The highest BCUT2D eigenvalue weighted by atomic mass is 32.2. The molecule has 0 unspecified atom stereocenters. The SMILES string of the molecule is CS(=O)(=O)CCCn1nnnc1-c1cc(N)cc(F)c1. The molecule has 1 heterocycles. The molecule has 0 amide bonds. The van der Waals surface area contributed by atoms with Gasteiger partial charge in [-0.25, -0.2) is 17.5 Å². The van der Waals surface area contributed by atoms with Crippen molar-refractivity contribution in [2.45, 2.75) is 13.0 Å². The van der Waals surface area contributed by atoms with E-state index in [-0.39, 0.29) is 11.4 Å². The Morgan fingerprint density at radius 1 is 1.35 bits per heavy atom. The van der Waals surface area contributed by atoms with Crippen molar-refractivity contribution in [3.63, 3.8) is 0 Å². The number of nitrogens with zero attached hydrogens (tertiary/aromatic N) is 4. The summed E-state index contributed by atoms with van der Waals surface area (Å²) in [5, 5.41) is 11.1. The van der Waals surface area contributed by atoms with Gasteiger partial charge in [-0.1, -0.05) is 0 Å². The van der Waals surface area contributed by atoms with E-state index in [4.69, 9.17) is 5.73 Å². The van der Waals surface area contributed by atoms with Gasteiger partial charge in [0.25, 0.3) is 0 Å². The van der Waals surface area contributed by atoms with Gasteiger partial charge in [0.15, 0.2) is 5.82 Å². The molecule has 9 heteroatoms. The van der Waals surface area contributed by atoms with Gasteiger partial charge in [-0.3, -0.25) is 0 Å². The Bertz CT molecular complexity index is 693. The number of rotatable bonds is 5. The van der Waals surface area contributed by atoms with E-state index in [1.165, 1.54) is 23.1 Å². The summed E-state index contributed by atoms with van der Waals surface area (Å²) < 4.78 is 36.9. The average Bonchev–Trinajstić information content (AvgIpc) is 2.74. The largest absolute Gasteiger partial charge is 0.399 e. The zero-order chi connectivity index (χ0) is 14.8. The Hall–Kier alpha value is -2.03. The number of hydrogen-bond donors (Lipinski definition) is 1. The molecule has 0 aliphatic heterocycles. The Morgan fingerprint density at radius 2 is 2.10 bits per heavy atom. The monoisotopic (exact) mass is 299 g/mol. The second-order valence-electron chi connectivity index (χ2n) is 4.48. The van der Waals surface area contributed by atoms with Crippen molar-refractivity contribution < 1.29 is 12.8 Å². The molecule has 2 rings (SSSR count). The fourth-order valence-corrected chi connectivity index (χ4v) is 2.43. The molecule has 0 aliphatic rings. The topological polar surface area (TPSA) is 104 Å². The van der Waals surface area contributed by atoms with Crippen LogP contribution in [0.15, 0.2) is 18.2 Å². The van der Waals surface area contributed by atoms with Crippen molar-refractivity contribution in [2.75, 3.05) is 17.7 Å². The molecule has 0 saturated heterocycles. The first kappa shape index (κ1) is 14.4. The molecular formula is C11H14FN5O2S. The van der Waals surface area contributed by atoms with Crippen LogP contribution in [-0.2, 0) is 16.4 Å². The fourth-order valence-electron chi connectivity index (χ4n) is 1.78. The van der Waals surface area contributed by atoms with Crippen LogP contribution < -0.4 is 5.73 Å². The number of sulfone groups is 1. The summed E-state index contributed by atoms with van der Waals surface area (Å²) in [7, 11) is -3.03. The Labute approximate surface area is 115 Å². The van der Waals surface area contributed by atoms with Crippen molar-refractivity contribution >= 4 is 15.5 Å². The minimum absolute atomic E-state index is 0.0393. The fraction of sp³-hybridized carbons (Fsp3) is 0.364. The van der Waals surface area contributed by atoms with E-state index in [1.54, 1.807) is 6.07 Å². The maximum absolute atomic E-state index is 13.3. The first-order chi connectivity index (χ1) is 9.35. The van der Waals surface area contributed by atoms with Gasteiger partial charge >= 0.3 is 0 Å². The minimum atomic E-state index is -3.03. The van der Waals surface area contributed by atoms with Crippen LogP contribution >= 0.6 is 0 Å². The van der Waals surface area contributed by atoms with Crippen molar-refractivity contribution in [1.29, 1.82) is 0 Å². The van der Waals surface area contributed by atoms with Gasteiger partial charge in [0.05, 0.1) is 5.75 Å². The molecule has 0 aliphatic carbocycles. The number of nitrogen functional groups attached to an aromatic ring is 1. The lowest BCUT2D eigenvalue weighted by atomic mass is 10.2. The van der Waals surface area contributed by atoms with E-state index < -0.39 is 15.7 Å². The number of aromatic nitrogens is 4. The van der Waals surface area contributed by atoms with E-state index in [9.17, 15) is 12.8 Å².